The zero-order chi connectivity index (χ0) is 15.7. The summed E-state index contributed by atoms with van der Waals surface area (Å²) in [6.07, 6.45) is 3.51. The van der Waals surface area contributed by atoms with Gasteiger partial charge in [0.15, 0.2) is 6.04 Å². The van der Waals surface area contributed by atoms with E-state index in [2.05, 4.69) is 0 Å². The number of imide groups is 1. The van der Waals surface area contributed by atoms with E-state index in [1.54, 1.807) is 6.07 Å². The lowest BCUT2D eigenvalue weighted by Crippen LogP contribution is -3.17. The molecule has 2 fully saturated rings. The molecule has 2 heterocycles. The molecule has 0 aliphatic carbocycles. The highest BCUT2D eigenvalue weighted by Crippen LogP contribution is 2.25. The lowest BCUT2D eigenvalue weighted by Gasteiger charge is -2.27. The van der Waals surface area contributed by atoms with Crippen LogP contribution in [0.2, 0.25) is 0 Å². The Balaban J connectivity index is 1.85. The number of rotatable bonds is 3. The molecule has 22 heavy (non-hydrogen) atoms. The molecule has 0 bridgehead atoms. The minimum Gasteiger partial charge on any atom is -0.324 e. The summed E-state index contributed by atoms with van der Waals surface area (Å²) >= 11 is 0. The van der Waals surface area contributed by atoms with E-state index >= 15 is 0 Å². The Morgan fingerprint density at radius 3 is 2.59 bits per heavy atom. The van der Waals surface area contributed by atoms with Gasteiger partial charge in [0.25, 0.3) is 11.6 Å². The Kier molecular flexibility index (Phi) is 3.89. The third-order valence-electron chi connectivity index (χ3n) is 4.43. The van der Waals surface area contributed by atoms with Crippen LogP contribution in [0.5, 0.6) is 0 Å². The van der Waals surface area contributed by atoms with E-state index in [1.165, 1.54) is 24.6 Å². The van der Waals surface area contributed by atoms with Crippen molar-refractivity contribution in [3.63, 3.8) is 0 Å². The molecule has 0 unspecified atom stereocenters. The van der Waals surface area contributed by atoms with Gasteiger partial charge in [-0.25, -0.2) is 4.90 Å². The van der Waals surface area contributed by atoms with Crippen LogP contribution in [0.3, 0.4) is 0 Å². The second-order valence-electron chi connectivity index (χ2n) is 5.82. The highest BCUT2D eigenvalue weighted by Gasteiger charge is 2.46. The monoisotopic (exact) mass is 304 g/mol. The van der Waals surface area contributed by atoms with Gasteiger partial charge in [-0.05, 0) is 25.3 Å². The van der Waals surface area contributed by atoms with Crippen LogP contribution in [0.15, 0.2) is 24.3 Å². The van der Waals surface area contributed by atoms with Crippen molar-refractivity contribution in [3.05, 3.63) is 34.4 Å². The van der Waals surface area contributed by atoms with Gasteiger partial charge in [0.1, 0.15) is 0 Å². The number of nitrogens with one attached hydrogen (secondary N) is 1. The van der Waals surface area contributed by atoms with Crippen molar-refractivity contribution in [3.8, 4) is 0 Å². The molecule has 1 aromatic carbocycles. The van der Waals surface area contributed by atoms with Gasteiger partial charge in [-0.3, -0.25) is 19.7 Å². The number of nitro benzene ring substituents is 1. The van der Waals surface area contributed by atoms with Crippen LogP contribution in [0.4, 0.5) is 11.4 Å². The molecule has 2 amide bonds. The number of hydrogen-bond donors (Lipinski definition) is 1. The number of carbonyl (C=O) groups excluding carboxylic acids is 2. The zero-order valence-corrected chi connectivity index (χ0v) is 12.2. The SMILES string of the molecule is O=C1C[C@H]([NH+]2CCCCC2)C(=O)N1c1cccc([N+](=O)[O-])c1. The van der Waals surface area contributed by atoms with Crippen LogP contribution < -0.4 is 9.80 Å². The second kappa shape index (κ2) is 5.84. The minimum absolute atomic E-state index is 0.119. The number of anilines is 1. The normalized spacial score (nSPS) is 23.1. The Labute approximate surface area is 127 Å². The quantitative estimate of drug-likeness (QED) is 0.494. The summed E-state index contributed by atoms with van der Waals surface area (Å²) in [4.78, 5) is 37.5. The van der Waals surface area contributed by atoms with Crippen LogP contribution in [-0.2, 0) is 9.59 Å². The Morgan fingerprint density at radius 2 is 1.91 bits per heavy atom. The molecule has 3 rings (SSSR count). The lowest BCUT2D eigenvalue weighted by atomic mass is 10.1. The average molecular weight is 304 g/mol. The molecule has 0 radical (unpaired) electrons. The Hall–Kier alpha value is -2.28. The second-order valence-corrected chi connectivity index (χ2v) is 5.82. The number of benzene rings is 1. The summed E-state index contributed by atoms with van der Waals surface area (Å²) in [6.45, 7) is 1.82. The van der Waals surface area contributed by atoms with E-state index in [4.69, 9.17) is 0 Å². The van der Waals surface area contributed by atoms with Crippen molar-refractivity contribution in [1.82, 2.24) is 0 Å². The first-order valence-corrected chi connectivity index (χ1v) is 7.54. The first-order chi connectivity index (χ1) is 10.6. The molecule has 0 spiro atoms. The molecule has 0 aromatic heterocycles. The molecule has 1 N–H and O–H groups in total. The van der Waals surface area contributed by atoms with Crippen molar-refractivity contribution < 1.29 is 19.4 Å². The fraction of sp³-hybridized carbons (Fsp3) is 0.467. The average Bonchev–Trinajstić information content (AvgIpc) is 2.83. The van der Waals surface area contributed by atoms with Gasteiger partial charge in [-0.1, -0.05) is 6.07 Å². The highest BCUT2D eigenvalue weighted by atomic mass is 16.6. The fourth-order valence-electron chi connectivity index (χ4n) is 3.32. The van der Waals surface area contributed by atoms with Gasteiger partial charge in [0, 0.05) is 12.1 Å². The summed E-state index contributed by atoms with van der Waals surface area (Å²) in [5.74, 6) is -0.504. The predicted molar refractivity (Wildman–Crippen MR) is 78.5 cm³/mol. The number of carbonyl (C=O) groups is 2. The molecule has 2 aliphatic heterocycles. The van der Waals surface area contributed by atoms with E-state index in [-0.39, 0.29) is 30.0 Å². The third kappa shape index (κ3) is 2.59. The number of likely N-dealkylation sites (tertiary alicyclic amines) is 1. The minimum atomic E-state index is -0.526. The summed E-state index contributed by atoms with van der Waals surface area (Å²) in [6, 6.07) is 5.35. The molecule has 116 valence electrons. The summed E-state index contributed by atoms with van der Waals surface area (Å²) < 4.78 is 0. The van der Waals surface area contributed by atoms with Crippen LogP contribution in [0.1, 0.15) is 25.7 Å². The van der Waals surface area contributed by atoms with Crippen molar-refractivity contribution in [1.29, 1.82) is 0 Å². The molecule has 1 aromatic rings. The Morgan fingerprint density at radius 1 is 1.18 bits per heavy atom. The van der Waals surface area contributed by atoms with Gasteiger partial charge in [-0.15, -0.1) is 0 Å². The van der Waals surface area contributed by atoms with Gasteiger partial charge < -0.3 is 4.90 Å². The summed E-state index contributed by atoms with van der Waals surface area (Å²) in [5.41, 5.74) is 0.176. The number of nitro groups is 1. The fourth-order valence-corrected chi connectivity index (χ4v) is 3.32. The molecular weight excluding hydrogens is 286 g/mol. The van der Waals surface area contributed by atoms with Gasteiger partial charge >= 0.3 is 0 Å². The van der Waals surface area contributed by atoms with E-state index in [9.17, 15) is 19.7 Å². The van der Waals surface area contributed by atoms with E-state index < -0.39 is 4.92 Å². The number of amides is 2. The van der Waals surface area contributed by atoms with E-state index in [1.807, 2.05) is 0 Å². The number of nitrogens with zero attached hydrogens (tertiary/aromatic N) is 2. The van der Waals surface area contributed by atoms with Gasteiger partial charge in [-0.2, -0.15) is 0 Å². The highest BCUT2D eigenvalue weighted by molar-refractivity contribution is 6.22. The number of non-ortho nitro benzene ring substituents is 1. The van der Waals surface area contributed by atoms with Crippen molar-refractivity contribution in [2.24, 2.45) is 0 Å². The Bertz CT molecular complexity index is 625. The van der Waals surface area contributed by atoms with Crippen LogP contribution in [-0.4, -0.2) is 35.9 Å². The smallest absolute Gasteiger partial charge is 0.292 e. The van der Waals surface area contributed by atoms with Gasteiger partial charge in [0.2, 0.25) is 5.91 Å². The lowest BCUT2D eigenvalue weighted by molar-refractivity contribution is -0.919. The maximum atomic E-state index is 12.6. The molecule has 7 nitrogen and oxygen atoms in total. The predicted octanol–water partition coefficient (Wildman–Crippen LogP) is 0.296. The van der Waals surface area contributed by atoms with Crippen LogP contribution in [0.25, 0.3) is 0 Å². The van der Waals surface area contributed by atoms with Crippen molar-refractivity contribution in [2.45, 2.75) is 31.7 Å². The van der Waals surface area contributed by atoms with Crippen LogP contribution in [0, 0.1) is 10.1 Å². The van der Waals surface area contributed by atoms with E-state index in [0.717, 1.165) is 35.7 Å². The zero-order valence-electron chi connectivity index (χ0n) is 12.2. The molecule has 7 heteroatoms. The molecule has 0 saturated carbocycles. The standard InChI is InChI=1S/C15H17N3O4/c19-14-10-13(16-7-2-1-3-8-16)15(20)17(14)11-5-4-6-12(9-11)18(21)22/h4-6,9,13H,1-3,7-8,10H2/p+1/t13-/m0/s1. The molecular formula is C15H18N3O4+. The number of hydrogen-bond acceptors (Lipinski definition) is 4. The molecule has 1 atom stereocenters. The molecule has 2 saturated heterocycles. The van der Waals surface area contributed by atoms with Crippen LogP contribution >= 0.6 is 0 Å². The third-order valence-corrected chi connectivity index (χ3v) is 4.43. The topological polar surface area (TPSA) is 85.0 Å². The number of quaternary nitrogens is 1. The van der Waals surface area contributed by atoms with E-state index in [0.29, 0.717) is 5.69 Å². The first-order valence-electron chi connectivity index (χ1n) is 7.54. The largest absolute Gasteiger partial charge is 0.324 e. The maximum Gasteiger partial charge on any atom is 0.292 e. The first kappa shape index (κ1) is 14.6. The van der Waals surface area contributed by atoms with Gasteiger partial charge in [0.05, 0.1) is 30.1 Å². The van der Waals surface area contributed by atoms with Crippen molar-refractivity contribution in [2.75, 3.05) is 18.0 Å². The number of piperidine rings is 1. The summed E-state index contributed by atoms with van der Waals surface area (Å²) in [5, 5.41) is 10.9. The molecule has 2 aliphatic rings. The maximum absolute atomic E-state index is 12.6. The summed E-state index contributed by atoms with van der Waals surface area (Å²) in [7, 11) is 0. The van der Waals surface area contributed by atoms with Crippen molar-refractivity contribution >= 4 is 23.2 Å².